The summed E-state index contributed by atoms with van der Waals surface area (Å²) in [6.45, 7) is 6.46. The summed E-state index contributed by atoms with van der Waals surface area (Å²) in [6.07, 6.45) is 0. The second kappa shape index (κ2) is 4.72. The van der Waals surface area contributed by atoms with Crippen molar-refractivity contribution in [2.45, 2.75) is 20.8 Å². The molecule has 0 unspecified atom stereocenters. The van der Waals surface area contributed by atoms with Crippen molar-refractivity contribution in [3.63, 3.8) is 0 Å². The average Bonchev–Trinajstić information content (AvgIpc) is 2.41. The Labute approximate surface area is 123 Å². The summed E-state index contributed by atoms with van der Waals surface area (Å²) in [4.78, 5) is 2.01. The quantitative estimate of drug-likeness (QED) is 0.678. The number of halogens is 2. The second-order valence-corrected chi connectivity index (χ2v) is 10.3. The van der Waals surface area contributed by atoms with Crippen LogP contribution in [0, 0.1) is 13.8 Å². The first kappa shape index (κ1) is 13.9. The van der Waals surface area contributed by atoms with Crippen LogP contribution in [0.25, 0.3) is 0 Å². The molecule has 1 aliphatic heterocycles. The molecular formula is C16H17F2NTe. The molecule has 0 saturated carbocycles. The molecule has 0 fully saturated rings. The number of rotatable bonds is 1. The fourth-order valence-corrected chi connectivity index (χ4v) is 7.79. The van der Waals surface area contributed by atoms with Crippen molar-refractivity contribution in [3.05, 3.63) is 47.5 Å². The van der Waals surface area contributed by atoms with Crippen molar-refractivity contribution in [2.24, 2.45) is 0 Å². The molecule has 0 bridgehead atoms. The molecule has 1 nitrogen and oxygen atoms in total. The number of aryl methyl sites for hydroxylation is 2. The van der Waals surface area contributed by atoms with Gasteiger partial charge >= 0.3 is 123 Å². The van der Waals surface area contributed by atoms with Crippen LogP contribution in [0.4, 0.5) is 17.2 Å². The number of nitrogens with zero attached hydrogens (tertiary/aromatic N) is 1. The van der Waals surface area contributed by atoms with E-state index in [1.54, 1.807) is 12.1 Å². The van der Waals surface area contributed by atoms with E-state index in [9.17, 15) is 0 Å². The molecule has 0 spiro atoms. The molecule has 0 N–H and O–H groups in total. The van der Waals surface area contributed by atoms with Gasteiger partial charge in [0.25, 0.3) is 0 Å². The topological polar surface area (TPSA) is 3.24 Å². The van der Waals surface area contributed by atoms with Gasteiger partial charge in [0.15, 0.2) is 0 Å². The molecule has 2 aromatic rings. The maximum absolute atomic E-state index is 15.0. The average molecular weight is 389 g/mol. The Morgan fingerprint density at radius 2 is 1.35 bits per heavy atom. The summed E-state index contributed by atoms with van der Waals surface area (Å²) >= 11 is -5.20. The van der Waals surface area contributed by atoms with Gasteiger partial charge in [-0.2, -0.15) is 0 Å². The van der Waals surface area contributed by atoms with Gasteiger partial charge < -0.3 is 0 Å². The maximum atomic E-state index is 15.0. The molecule has 0 saturated heterocycles. The van der Waals surface area contributed by atoms with Crippen LogP contribution in [0.1, 0.15) is 18.1 Å². The van der Waals surface area contributed by atoms with E-state index >= 15 is 5.78 Å². The van der Waals surface area contributed by atoms with Crippen molar-refractivity contribution >= 4 is 37.9 Å². The molecule has 0 atom stereocenters. The van der Waals surface area contributed by atoms with Crippen LogP contribution < -0.4 is 12.1 Å². The van der Waals surface area contributed by atoms with Crippen molar-refractivity contribution in [1.29, 1.82) is 0 Å². The molecule has 1 aliphatic rings. The summed E-state index contributed by atoms with van der Waals surface area (Å²) in [5.41, 5.74) is 3.20. The number of anilines is 2. The monoisotopic (exact) mass is 391 g/mol. The predicted molar refractivity (Wildman–Crippen MR) is 82.3 cm³/mol. The molecule has 1 heterocycles. The zero-order chi connectivity index (χ0) is 14.5. The Kier molecular flexibility index (Phi) is 3.27. The van der Waals surface area contributed by atoms with Crippen LogP contribution in [0.15, 0.2) is 36.4 Å². The summed E-state index contributed by atoms with van der Waals surface area (Å²) in [5.74, 6) is 0. The SMILES string of the molecule is CCN1c2ccc(C)cc2[Te](F)(F)c2cc(C)ccc21. The Morgan fingerprint density at radius 1 is 0.900 bits per heavy atom. The first-order valence-electron chi connectivity index (χ1n) is 6.66. The molecule has 0 aliphatic carbocycles. The fraction of sp³-hybridized carbons (Fsp3) is 0.250. The fourth-order valence-electron chi connectivity index (χ4n) is 2.69. The van der Waals surface area contributed by atoms with Crippen molar-refractivity contribution in [2.75, 3.05) is 11.4 Å². The van der Waals surface area contributed by atoms with Crippen LogP contribution in [-0.4, -0.2) is 25.9 Å². The van der Waals surface area contributed by atoms with Crippen molar-refractivity contribution < 1.29 is 5.78 Å². The third-order valence-electron chi connectivity index (χ3n) is 3.68. The van der Waals surface area contributed by atoms with E-state index in [2.05, 4.69) is 0 Å². The second-order valence-electron chi connectivity index (χ2n) is 5.16. The Bertz CT molecular complexity index is 627. The molecule has 0 radical (unpaired) electrons. The van der Waals surface area contributed by atoms with Gasteiger partial charge in [0.05, 0.1) is 0 Å². The van der Waals surface area contributed by atoms with Gasteiger partial charge in [-0.05, 0) is 0 Å². The summed E-state index contributed by atoms with van der Waals surface area (Å²) in [7, 11) is 0. The van der Waals surface area contributed by atoms with E-state index in [1.807, 2.05) is 49.9 Å². The minimum absolute atomic E-state index is 0.299. The molecular weight excluding hydrogens is 372 g/mol. The molecule has 4 heteroatoms. The zero-order valence-corrected chi connectivity index (χ0v) is 14.1. The first-order chi connectivity index (χ1) is 9.45. The van der Waals surface area contributed by atoms with E-state index in [4.69, 9.17) is 0 Å². The minimum atomic E-state index is -5.20. The molecule has 106 valence electrons. The van der Waals surface area contributed by atoms with Gasteiger partial charge in [0.1, 0.15) is 0 Å². The summed E-state index contributed by atoms with van der Waals surface area (Å²) < 4.78 is 30.6. The zero-order valence-electron chi connectivity index (χ0n) is 11.8. The first-order valence-corrected chi connectivity index (χ1v) is 10.8. The van der Waals surface area contributed by atoms with Gasteiger partial charge in [0, 0.05) is 0 Å². The molecule has 2 aromatic carbocycles. The molecule has 0 amide bonds. The third kappa shape index (κ3) is 1.94. The van der Waals surface area contributed by atoms with E-state index in [1.165, 1.54) is 0 Å². The summed E-state index contributed by atoms with van der Waals surface area (Å²) in [6, 6.07) is 10.9. The van der Waals surface area contributed by atoms with Gasteiger partial charge in [-0.15, -0.1) is 0 Å². The van der Waals surface area contributed by atoms with E-state index in [-0.39, 0.29) is 0 Å². The number of fused-ring (bicyclic) bond motifs is 2. The molecule has 20 heavy (non-hydrogen) atoms. The van der Waals surface area contributed by atoms with Crippen LogP contribution in [0.2, 0.25) is 0 Å². The van der Waals surface area contributed by atoms with Gasteiger partial charge in [-0.25, -0.2) is 0 Å². The normalized spacial score (nSPS) is 17.4. The molecule has 3 rings (SSSR count). The van der Waals surface area contributed by atoms with Gasteiger partial charge in [0.2, 0.25) is 0 Å². The Morgan fingerprint density at radius 3 is 1.75 bits per heavy atom. The van der Waals surface area contributed by atoms with E-state index < -0.39 is 19.3 Å². The van der Waals surface area contributed by atoms with Crippen LogP contribution in [0.3, 0.4) is 0 Å². The van der Waals surface area contributed by atoms with Crippen LogP contribution in [0.5, 0.6) is 0 Å². The van der Waals surface area contributed by atoms with Gasteiger partial charge in [-0.3, -0.25) is 0 Å². The Balaban J connectivity index is 2.33. The van der Waals surface area contributed by atoms with Crippen LogP contribution in [-0.2, 0) is 0 Å². The van der Waals surface area contributed by atoms with Crippen molar-refractivity contribution in [1.82, 2.24) is 0 Å². The third-order valence-corrected chi connectivity index (χ3v) is 8.70. The van der Waals surface area contributed by atoms with E-state index in [0.29, 0.717) is 25.1 Å². The van der Waals surface area contributed by atoms with Crippen LogP contribution >= 0.6 is 0 Å². The Hall–Kier alpha value is -1.11. The van der Waals surface area contributed by atoms with Gasteiger partial charge in [-0.1, -0.05) is 0 Å². The van der Waals surface area contributed by atoms with E-state index in [0.717, 1.165) is 11.1 Å². The number of hydrogen-bond acceptors (Lipinski definition) is 1. The standard InChI is InChI=1S/C16H17F2NTe/c1-4-19-13-7-5-11(2)9-15(13)20(17,18)16-10-12(3)6-8-14(16)19/h5-10H,4H2,1-3H3. The predicted octanol–water partition coefficient (Wildman–Crippen LogP) is 3.27. The summed E-state index contributed by atoms with van der Waals surface area (Å²) in [5, 5.41) is 0. The van der Waals surface area contributed by atoms with Crippen molar-refractivity contribution in [3.8, 4) is 0 Å². The molecule has 0 aromatic heterocycles. The number of hydrogen-bond donors (Lipinski definition) is 0. The number of benzene rings is 2.